The summed E-state index contributed by atoms with van der Waals surface area (Å²) in [5.41, 5.74) is 3.35. The Morgan fingerprint density at radius 3 is 2.72 bits per heavy atom. The summed E-state index contributed by atoms with van der Waals surface area (Å²) in [5, 5.41) is 3.11. The molecule has 1 aliphatic rings. The van der Waals surface area contributed by atoms with Crippen LogP contribution in [0.1, 0.15) is 17.2 Å². The lowest BCUT2D eigenvalue weighted by atomic mass is 10.1. The minimum atomic E-state index is -0.193. The van der Waals surface area contributed by atoms with Crippen molar-refractivity contribution in [1.29, 1.82) is 0 Å². The molecule has 0 saturated carbocycles. The predicted molar refractivity (Wildman–Crippen MR) is 73.9 cm³/mol. The first-order valence-electron chi connectivity index (χ1n) is 6.29. The van der Waals surface area contributed by atoms with Gasteiger partial charge in [0.1, 0.15) is 6.04 Å². The fourth-order valence-electron chi connectivity index (χ4n) is 2.48. The van der Waals surface area contributed by atoms with Gasteiger partial charge in [0.25, 0.3) is 0 Å². The molecule has 0 saturated heterocycles. The lowest BCUT2D eigenvalue weighted by Gasteiger charge is -2.21. The van der Waals surface area contributed by atoms with Crippen LogP contribution in [-0.4, -0.2) is 45.0 Å². The highest BCUT2D eigenvalue weighted by Crippen LogP contribution is 2.37. The molecule has 98 valence electrons. The maximum atomic E-state index is 12.4. The molecule has 0 bridgehead atoms. The van der Waals surface area contributed by atoms with Crippen LogP contribution < -0.4 is 10.2 Å². The van der Waals surface area contributed by atoms with E-state index >= 15 is 0 Å². The summed E-state index contributed by atoms with van der Waals surface area (Å²) in [7, 11) is 5.88. The molecule has 1 aromatic carbocycles. The van der Waals surface area contributed by atoms with Crippen molar-refractivity contribution < 1.29 is 4.79 Å². The molecular weight excluding hydrogens is 226 g/mol. The van der Waals surface area contributed by atoms with Crippen LogP contribution in [-0.2, 0) is 4.79 Å². The highest BCUT2D eigenvalue weighted by molar-refractivity contribution is 6.05. The summed E-state index contributed by atoms with van der Waals surface area (Å²) >= 11 is 0. The number of carbonyl (C=O) groups is 1. The van der Waals surface area contributed by atoms with Crippen LogP contribution in [0.2, 0.25) is 0 Å². The molecule has 1 aromatic rings. The lowest BCUT2D eigenvalue weighted by Crippen LogP contribution is -2.37. The number of rotatable bonds is 4. The Morgan fingerprint density at radius 1 is 1.39 bits per heavy atom. The zero-order valence-electron chi connectivity index (χ0n) is 11.5. The molecule has 1 N–H and O–H groups in total. The smallest absolute Gasteiger partial charge is 0.248 e. The second kappa shape index (κ2) is 5.08. The van der Waals surface area contributed by atoms with Crippen molar-refractivity contribution in [3.8, 4) is 0 Å². The lowest BCUT2D eigenvalue weighted by molar-refractivity contribution is -0.119. The molecule has 18 heavy (non-hydrogen) atoms. The Labute approximate surface area is 109 Å². The number of hydrogen-bond donors (Lipinski definition) is 1. The van der Waals surface area contributed by atoms with Crippen LogP contribution in [0, 0.1) is 6.92 Å². The Bertz CT molecular complexity index is 456. The molecule has 0 aliphatic carbocycles. The number of fused-ring (bicyclic) bond motifs is 1. The molecule has 2 rings (SSSR count). The van der Waals surface area contributed by atoms with Crippen LogP contribution in [0.3, 0.4) is 0 Å². The van der Waals surface area contributed by atoms with E-state index in [1.807, 2.05) is 38.2 Å². The zero-order chi connectivity index (χ0) is 13.3. The van der Waals surface area contributed by atoms with Crippen molar-refractivity contribution in [1.82, 2.24) is 10.2 Å². The summed E-state index contributed by atoms with van der Waals surface area (Å²) in [6, 6.07) is 5.92. The summed E-state index contributed by atoms with van der Waals surface area (Å²) < 4.78 is 0. The third-order valence-corrected chi connectivity index (χ3v) is 3.42. The van der Waals surface area contributed by atoms with Gasteiger partial charge in [-0.15, -0.1) is 0 Å². The van der Waals surface area contributed by atoms with Gasteiger partial charge < -0.3 is 15.1 Å². The predicted octanol–water partition coefficient (Wildman–Crippen LogP) is 1.16. The van der Waals surface area contributed by atoms with E-state index in [-0.39, 0.29) is 11.9 Å². The molecule has 1 heterocycles. The molecule has 4 nitrogen and oxygen atoms in total. The van der Waals surface area contributed by atoms with Crippen LogP contribution in [0.15, 0.2) is 18.2 Å². The number of hydrogen-bond acceptors (Lipinski definition) is 3. The van der Waals surface area contributed by atoms with E-state index in [4.69, 9.17) is 0 Å². The van der Waals surface area contributed by atoms with Gasteiger partial charge in [0.15, 0.2) is 0 Å². The van der Waals surface area contributed by atoms with E-state index in [1.165, 1.54) is 0 Å². The summed E-state index contributed by atoms with van der Waals surface area (Å²) in [4.78, 5) is 16.4. The Balaban J connectivity index is 2.35. The number of amides is 1. The number of benzene rings is 1. The van der Waals surface area contributed by atoms with Crippen molar-refractivity contribution in [2.75, 3.05) is 39.1 Å². The molecule has 1 amide bonds. The standard InChI is InChI=1S/C14H21N3O/c1-10-6-5-7-11-12(15-2)14(18)17(13(10)11)9-8-16(3)4/h5-7,12,15H,8-9H2,1-4H3. The molecule has 1 unspecified atom stereocenters. The molecule has 0 fully saturated rings. The number of carbonyl (C=O) groups excluding carboxylic acids is 1. The van der Waals surface area contributed by atoms with E-state index in [2.05, 4.69) is 23.2 Å². The molecule has 0 aromatic heterocycles. The van der Waals surface area contributed by atoms with Gasteiger partial charge in [0.05, 0.1) is 5.69 Å². The monoisotopic (exact) mass is 247 g/mol. The average Bonchev–Trinajstić information content (AvgIpc) is 2.59. The first-order valence-corrected chi connectivity index (χ1v) is 6.29. The van der Waals surface area contributed by atoms with Gasteiger partial charge in [-0.25, -0.2) is 0 Å². The van der Waals surface area contributed by atoms with Crippen molar-refractivity contribution >= 4 is 11.6 Å². The first-order chi connectivity index (χ1) is 8.56. The Hall–Kier alpha value is -1.39. The number of nitrogens with zero attached hydrogens (tertiary/aromatic N) is 2. The topological polar surface area (TPSA) is 35.6 Å². The highest BCUT2D eigenvalue weighted by Gasteiger charge is 2.36. The van der Waals surface area contributed by atoms with Gasteiger partial charge in [0.2, 0.25) is 5.91 Å². The van der Waals surface area contributed by atoms with E-state index < -0.39 is 0 Å². The van der Waals surface area contributed by atoms with E-state index in [0.717, 1.165) is 29.9 Å². The van der Waals surface area contributed by atoms with Gasteiger partial charge in [0, 0.05) is 18.7 Å². The molecule has 4 heteroatoms. The fraction of sp³-hybridized carbons (Fsp3) is 0.500. The van der Waals surface area contributed by atoms with E-state index in [9.17, 15) is 4.79 Å². The van der Waals surface area contributed by atoms with Crippen LogP contribution in [0.5, 0.6) is 0 Å². The highest BCUT2D eigenvalue weighted by atomic mass is 16.2. The molecule has 0 spiro atoms. The summed E-state index contributed by atoms with van der Waals surface area (Å²) in [6.45, 7) is 3.67. The zero-order valence-corrected chi connectivity index (χ0v) is 11.5. The quantitative estimate of drug-likeness (QED) is 0.867. The Morgan fingerprint density at radius 2 is 2.11 bits per heavy atom. The van der Waals surface area contributed by atoms with Crippen LogP contribution in [0.4, 0.5) is 5.69 Å². The van der Waals surface area contributed by atoms with Crippen LogP contribution in [0.25, 0.3) is 0 Å². The van der Waals surface area contributed by atoms with E-state index in [1.54, 1.807) is 0 Å². The number of likely N-dealkylation sites (N-methyl/N-ethyl adjacent to an activating group) is 2. The number of para-hydroxylation sites is 1. The number of aryl methyl sites for hydroxylation is 1. The average molecular weight is 247 g/mol. The van der Waals surface area contributed by atoms with Gasteiger partial charge in [-0.2, -0.15) is 0 Å². The van der Waals surface area contributed by atoms with E-state index in [0.29, 0.717) is 0 Å². The van der Waals surface area contributed by atoms with Gasteiger partial charge in [-0.1, -0.05) is 18.2 Å². The normalized spacial score (nSPS) is 18.6. The SMILES string of the molecule is CNC1C(=O)N(CCN(C)C)c2c(C)cccc21. The van der Waals surface area contributed by atoms with Crippen molar-refractivity contribution in [3.05, 3.63) is 29.3 Å². The minimum absolute atomic E-state index is 0.156. The fourth-order valence-corrected chi connectivity index (χ4v) is 2.48. The molecular formula is C14H21N3O. The van der Waals surface area contributed by atoms with Crippen molar-refractivity contribution in [2.24, 2.45) is 0 Å². The van der Waals surface area contributed by atoms with Crippen LogP contribution >= 0.6 is 0 Å². The third kappa shape index (κ3) is 2.13. The van der Waals surface area contributed by atoms with Gasteiger partial charge >= 0.3 is 0 Å². The Kier molecular flexibility index (Phi) is 3.68. The summed E-state index contributed by atoms with van der Waals surface area (Å²) in [6.07, 6.45) is 0. The third-order valence-electron chi connectivity index (χ3n) is 3.42. The maximum Gasteiger partial charge on any atom is 0.248 e. The first kappa shape index (κ1) is 13.1. The number of anilines is 1. The van der Waals surface area contributed by atoms with Gasteiger partial charge in [-0.05, 0) is 33.6 Å². The number of nitrogens with one attached hydrogen (secondary N) is 1. The van der Waals surface area contributed by atoms with Gasteiger partial charge in [-0.3, -0.25) is 4.79 Å². The molecule has 1 aliphatic heterocycles. The second-order valence-corrected chi connectivity index (χ2v) is 5.03. The largest absolute Gasteiger partial charge is 0.309 e. The maximum absolute atomic E-state index is 12.4. The molecule has 0 radical (unpaired) electrons. The summed E-state index contributed by atoms with van der Waals surface area (Å²) in [5.74, 6) is 0.156. The molecule has 1 atom stereocenters. The second-order valence-electron chi connectivity index (χ2n) is 5.03. The van der Waals surface area contributed by atoms with Crippen molar-refractivity contribution in [3.63, 3.8) is 0 Å². The minimum Gasteiger partial charge on any atom is -0.309 e. The van der Waals surface area contributed by atoms with Crippen molar-refractivity contribution in [2.45, 2.75) is 13.0 Å².